The van der Waals surface area contributed by atoms with Crippen LogP contribution in [0.15, 0.2) is 59.6 Å². The second-order valence-corrected chi connectivity index (χ2v) is 9.11. The highest BCUT2D eigenvalue weighted by Gasteiger charge is 2.34. The number of nitrogens with one attached hydrogen (secondary N) is 2. The number of anilines is 1. The van der Waals surface area contributed by atoms with E-state index in [0.717, 1.165) is 45.1 Å². The Bertz CT molecular complexity index is 877. The molecule has 0 radical (unpaired) electrons. The molecule has 2 saturated heterocycles. The average Bonchev–Trinajstić information content (AvgIpc) is 3.39. The molecule has 180 valence electrons. The van der Waals surface area contributed by atoms with Gasteiger partial charge in [-0.3, -0.25) is 4.99 Å². The van der Waals surface area contributed by atoms with Gasteiger partial charge in [0.05, 0.1) is 12.6 Å². The molecule has 2 fully saturated rings. The van der Waals surface area contributed by atoms with Gasteiger partial charge in [-0.05, 0) is 62.8 Å². The van der Waals surface area contributed by atoms with Crippen LogP contribution < -0.4 is 15.5 Å². The molecule has 2 aliphatic rings. The minimum atomic E-state index is 0. The molecule has 0 saturated carbocycles. The van der Waals surface area contributed by atoms with Crippen molar-refractivity contribution in [2.45, 2.75) is 51.0 Å². The molecule has 2 aromatic carbocycles. The molecule has 0 amide bonds. The number of aliphatic imine (C=N–C) groups is 1. The van der Waals surface area contributed by atoms with Crippen molar-refractivity contribution in [2.24, 2.45) is 4.99 Å². The summed E-state index contributed by atoms with van der Waals surface area (Å²) >= 11 is 0. The van der Waals surface area contributed by atoms with Crippen LogP contribution in [0.5, 0.6) is 0 Å². The Balaban J connectivity index is 0.00000306. The lowest BCUT2D eigenvalue weighted by Crippen LogP contribution is -2.42. The third-order valence-corrected chi connectivity index (χ3v) is 6.91. The van der Waals surface area contributed by atoms with Crippen LogP contribution in [0.1, 0.15) is 56.7 Å². The molecule has 2 heterocycles. The van der Waals surface area contributed by atoms with E-state index in [0.29, 0.717) is 0 Å². The van der Waals surface area contributed by atoms with Crippen molar-refractivity contribution in [1.82, 2.24) is 10.6 Å². The first kappa shape index (κ1) is 25.8. The number of ether oxygens (including phenoxy) is 1. The topological polar surface area (TPSA) is 48.9 Å². The fraction of sp³-hybridized carbons (Fsp3) is 0.519. The van der Waals surface area contributed by atoms with Gasteiger partial charge in [0.2, 0.25) is 0 Å². The predicted octanol–water partition coefficient (Wildman–Crippen LogP) is 5.27. The molecule has 0 spiro atoms. The van der Waals surface area contributed by atoms with Crippen LogP contribution in [0.25, 0.3) is 0 Å². The van der Waals surface area contributed by atoms with E-state index in [1.165, 1.54) is 42.7 Å². The van der Waals surface area contributed by atoms with Crippen LogP contribution in [0.4, 0.5) is 5.69 Å². The Morgan fingerprint density at radius 1 is 1.06 bits per heavy atom. The highest BCUT2D eigenvalue weighted by molar-refractivity contribution is 14.0. The number of hydrogen-bond donors (Lipinski definition) is 2. The Labute approximate surface area is 216 Å². The summed E-state index contributed by atoms with van der Waals surface area (Å²) in [5.74, 6) is 0.883. The highest BCUT2D eigenvalue weighted by Crippen LogP contribution is 2.35. The van der Waals surface area contributed by atoms with Gasteiger partial charge in [-0.25, -0.2) is 0 Å². The lowest BCUT2D eigenvalue weighted by atomic mass is 9.74. The Morgan fingerprint density at radius 3 is 2.48 bits per heavy atom. The second kappa shape index (κ2) is 12.6. The van der Waals surface area contributed by atoms with Gasteiger partial charge >= 0.3 is 0 Å². The van der Waals surface area contributed by atoms with E-state index in [4.69, 9.17) is 9.73 Å². The predicted molar refractivity (Wildman–Crippen MR) is 149 cm³/mol. The lowest BCUT2D eigenvalue weighted by molar-refractivity contribution is 0.0531. The summed E-state index contributed by atoms with van der Waals surface area (Å²) in [4.78, 5) is 7.57. The van der Waals surface area contributed by atoms with Crippen molar-refractivity contribution in [3.63, 3.8) is 0 Å². The molecule has 0 aliphatic carbocycles. The minimum Gasteiger partial charge on any atom is -0.381 e. The SMILES string of the molecule is CCNC(=NCC1(c2ccccc2)CCOCC1)NC(C)c1cccc(N2CCCC2)c1.I. The van der Waals surface area contributed by atoms with E-state index in [1.807, 2.05) is 0 Å². The van der Waals surface area contributed by atoms with Gasteiger partial charge < -0.3 is 20.3 Å². The van der Waals surface area contributed by atoms with E-state index in [1.54, 1.807) is 0 Å². The lowest BCUT2D eigenvalue weighted by Gasteiger charge is -2.36. The van der Waals surface area contributed by atoms with Crippen LogP contribution in [0, 0.1) is 0 Å². The number of halogens is 1. The maximum atomic E-state index is 5.69. The van der Waals surface area contributed by atoms with Gasteiger partial charge in [0.1, 0.15) is 0 Å². The summed E-state index contributed by atoms with van der Waals surface area (Å²) in [5, 5.41) is 7.11. The molecule has 2 aromatic rings. The van der Waals surface area contributed by atoms with E-state index in [2.05, 4.69) is 84.0 Å². The quantitative estimate of drug-likeness (QED) is 0.274. The Hall–Kier alpha value is -1.80. The minimum absolute atomic E-state index is 0. The number of hydrogen-bond acceptors (Lipinski definition) is 3. The van der Waals surface area contributed by atoms with Crippen molar-refractivity contribution in [2.75, 3.05) is 44.3 Å². The zero-order valence-electron chi connectivity index (χ0n) is 20.1. The zero-order chi connectivity index (χ0) is 22.2. The maximum Gasteiger partial charge on any atom is 0.191 e. The summed E-state index contributed by atoms with van der Waals surface area (Å²) in [6.07, 6.45) is 4.60. The van der Waals surface area contributed by atoms with Crippen molar-refractivity contribution in [1.29, 1.82) is 0 Å². The molecule has 1 atom stereocenters. The molecule has 0 bridgehead atoms. The van der Waals surface area contributed by atoms with E-state index < -0.39 is 0 Å². The van der Waals surface area contributed by atoms with Crippen molar-refractivity contribution in [3.8, 4) is 0 Å². The van der Waals surface area contributed by atoms with Crippen LogP contribution in [0.2, 0.25) is 0 Å². The van der Waals surface area contributed by atoms with Crippen molar-refractivity contribution >= 4 is 35.6 Å². The fourth-order valence-electron chi connectivity index (χ4n) is 4.90. The second-order valence-electron chi connectivity index (χ2n) is 9.11. The monoisotopic (exact) mass is 562 g/mol. The normalized spacial score (nSPS) is 19.0. The van der Waals surface area contributed by atoms with Crippen molar-refractivity contribution in [3.05, 3.63) is 65.7 Å². The van der Waals surface area contributed by atoms with E-state index in [9.17, 15) is 0 Å². The zero-order valence-corrected chi connectivity index (χ0v) is 22.4. The standard InChI is InChI=1S/C27H38N4O.HI/c1-3-28-26(29-21-27(14-18-32-19-15-27)24-11-5-4-6-12-24)30-22(2)23-10-9-13-25(20-23)31-16-7-8-17-31;/h4-6,9-13,20,22H,3,7-8,14-19,21H2,1-2H3,(H2,28,29,30);1H. The van der Waals surface area contributed by atoms with Gasteiger partial charge in [0, 0.05) is 44.0 Å². The summed E-state index contributed by atoms with van der Waals surface area (Å²) in [6, 6.07) is 20.0. The van der Waals surface area contributed by atoms with E-state index in [-0.39, 0.29) is 35.4 Å². The number of benzene rings is 2. The maximum absolute atomic E-state index is 5.69. The first-order valence-electron chi connectivity index (χ1n) is 12.2. The van der Waals surface area contributed by atoms with Gasteiger partial charge in [-0.2, -0.15) is 0 Å². The molecule has 4 rings (SSSR count). The number of nitrogens with zero attached hydrogens (tertiary/aromatic N) is 2. The van der Waals surface area contributed by atoms with Gasteiger partial charge in [-0.15, -0.1) is 24.0 Å². The molecule has 2 N–H and O–H groups in total. The van der Waals surface area contributed by atoms with Crippen LogP contribution in [-0.4, -0.2) is 45.4 Å². The number of guanidine groups is 1. The van der Waals surface area contributed by atoms with Gasteiger partial charge in [0.25, 0.3) is 0 Å². The molecular weight excluding hydrogens is 523 g/mol. The molecular formula is C27H39IN4O. The molecule has 33 heavy (non-hydrogen) atoms. The molecule has 6 heteroatoms. The number of rotatable bonds is 7. The first-order chi connectivity index (χ1) is 15.7. The molecule has 1 unspecified atom stereocenters. The molecule has 5 nitrogen and oxygen atoms in total. The van der Waals surface area contributed by atoms with Gasteiger partial charge in [0.15, 0.2) is 5.96 Å². The van der Waals surface area contributed by atoms with E-state index >= 15 is 0 Å². The molecule has 2 aliphatic heterocycles. The summed E-state index contributed by atoms with van der Waals surface area (Å²) < 4.78 is 5.69. The third kappa shape index (κ3) is 6.63. The van der Waals surface area contributed by atoms with Crippen LogP contribution in [-0.2, 0) is 10.2 Å². The Morgan fingerprint density at radius 2 is 1.79 bits per heavy atom. The third-order valence-electron chi connectivity index (χ3n) is 6.91. The smallest absolute Gasteiger partial charge is 0.191 e. The Kier molecular flexibility index (Phi) is 9.86. The largest absolute Gasteiger partial charge is 0.381 e. The highest BCUT2D eigenvalue weighted by atomic mass is 127. The average molecular weight is 563 g/mol. The molecule has 0 aromatic heterocycles. The van der Waals surface area contributed by atoms with Crippen LogP contribution >= 0.6 is 24.0 Å². The summed E-state index contributed by atoms with van der Waals surface area (Å²) in [6.45, 7) is 9.88. The summed E-state index contributed by atoms with van der Waals surface area (Å²) in [7, 11) is 0. The first-order valence-corrected chi connectivity index (χ1v) is 12.2. The summed E-state index contributed by atoms with van der Waals surface area (Å²) in [5.41, 5.74) is 4.04. The van der Waals surface area contributed by atoms with Crippen molar-refractivity contribution < 1.29 is 4.74 Å². The van der Waals surface area contributed by atoms with Crippen LogP contribution in [0.3, 0.4) is 0 Å². The fourth-order valence-corrected chi connectivity index (χ4v) is 4.90. The van der Waals surface area contributed by atoms with Gasteiger partial charge in [-0.1, -0.05) is 42.5 Å².